The van der Waals surface area contributed by atoms with Crippen molar-refractivity contribution < 1.29 is 4.74 Å². The van der Waals surface area contributed by atoms with E-state index in [4.69, 9.17) is 27.9 Å². The van der Waals surface area contributed by atoms with Gasteiger partial charge in [-0.15, -0.1) is 0 Å². The number of ether oxygens (including phenoxy) is 1. The van der Waals surface area contributed by atoms with Crippen molar-refractivity contribution in [2.45, 2.75) is 19.0 Å². The largest absolute Gasteiger partial charge is 0.379 e. The maximum atomic E-state index is 6.29. The van der Waals surface area contributed by atoms with Crippen LogP contribution in [-0.4, -0.2) is 44.4 Å². The van der Waals surface area contributed by atoms with Gasteiger partial charge in [-0.05, 0) is 35.0 Å². The topological polar surface area (TPSA) is 89.8 Å². The lowest BCUT2D eigenvalue weighted by molar-refractivity contribution is 0.195. The fourth-order valence-corrected chi connectivity index (χ4v) is 3.22. The average molecular weight is 406 g/mol. The highest BCUT2D eigenvalue weighted by Gasteiger charge is 2.18. The highest BCUT2D eigenvalue weighted by Crippen LogP contribution is 2.29. The molecule has 140 valence electrons. The van der Waals surface area contributed by atoms with Gasteiger partial charge in [0.25, 0.3) is 0 Å². The van der Waals surface area contributed by atoms with Crippen LogP contribution < -0.4 is 10.6 Å². The highest BCUT2D eigenvalue weighted by atomic mass is 35.5. The summed E-state index contributed by atoms with van der Waals surface area (Å²) in [7, 11) is 0. The number of aromatic nitrogens is 5. The van der Waals surface area contributed by atoms with E-state index >= 15 is 0 Å². The zero-order valence-electron chi connectivity index (χ0n) is 14.3. The quantitative estimate of drug-likeness (QED) is 0.650. The van der Waals surface area contributed by atoms with Gasteiger partial charge in [0.1, 0.15) is 5.82 Å². The van der Waals surface area contributed by atoms with Crippen LogP contribution in [0.5, 0.6) is 0 Å². The number of benzene rings is 1. The summed E-state index contributed by atoms with van der Waals surface area (Å²) in [6, 6.07) is 9.47. The number of hydrogen-bond acceptors (Lipinski definition) is 7. The molecule has 2 aromatic heterocycles. The minimum absolute atomic E-state index is 0.272. The van der Waals surface area contributed by atoms with Crippen LogP contribution in [0.25, 0.3) is 5.69 Å². The molecule has 1 aliphatic heterocycles. The van der Waals surface area contributed by atoms with Gasteiger partial charge in [-0.2, -0.15) is 4.68 Å². The Morgan fingerprint density at radius 3 is 3.00 bits per heavy atom. The van der Waals surface area contributed by atoms with E-state index < -0.39 is 0 Å². The van der Waals surface area contributed by atoms with Crippen molar-refractivity contribution in [1.82, 2.24) is 25.2 Å². The second-order valence-electron chi connectivity index (χ2n) is 6.06. The van der Waals surface area contributed by atoms with E-state index in [2.05, 4.69) is 31.1 Å². The number of rotatable bonds is 6. The van der Waals surface area contributed by atoms with E-state index in [9.17, 15) is 0 Å². The predicted molar refractivity (Wildman–Crippen MR) is 104 cm³/mol. The molecule has 0 radical (unpaired) electrons. The molecule has 0 saturated carbocycles. The molecule has 0 amide bonds. The molecule has 1 unspecified atom stereocenters. The van der Waals surface area contributed by atoms with Crippen molar-refractivity contribution in [2.24, 2.45) is 0 Å². The fraction of sp³-hybridized carbons (Fsp3) is 0.294. The van der Waals surface area contributed by atoms with Crippen LogP contribution in [-0.2, 0) is 11.3 Å². The van der Waals surface area contributed by atoms with Gasteiger partial charge in [0, 0.05) is 24.9 Å². The van der Waals surface area contributed by atoms with E-state index in [0.717, 1.165) is 24.4 Å². The number of hydrogen-bond donors (Lipinski definition) is 2. The summed E-state index contributed by atoms with van der Waals surface area (Å²) < 4.78 is 6.93. The van der Waals surface area contributed by atoms with Crippen molar-refractivity contribution in [2.75, 3.05) is 23.8 Å². The number of pyridine rings is 1. The fourth-order valence-electron chi connectivity index (χ4n) is 2.84. The predicted octanol–water partition coefficient (Wildman–Crippen LogP) is 3.18. The van der Waals surface area contributed by atoms with Crippen molar-refractivity contribution >= 4 is 35.0 Å². The van der Waals surface area contributed by atoms with Gasteiger partial charge in [0.2, 0.25) is 5.95 Å². The first-order valence-electron chi connectivity index (χ1n) is 8.47. The Bertz CT molecular complexity index is 927. The molecular formula is C17H17Cl2N7O. The lowest BCUT2D eigenvalue weighted by atomic mass is 10.2. The van der Waals surface area contributed by atoms with Gasteiger partial charge >= 0.3 is 0 Å². The van der Waals surface area contributed by atoms with Crippen LogP contribution in [0.1, 0.15) is 12.0 Å². The van der Waals surface area contributed by atoms with Crippen molar-refractivity contribution in [1.29, 1.82) is 0 Å². The number of halogens is 2. The average Bonchev–Trinajstić information content (AvgIpc) is 3.35. The third-order valence-electron chi connectivity index (χ3n) is 4.23. The lowest BCUT2D eigenvalue weighted by Crippen LogP contribution is -2.21. The van der Waals surface area contributed by atoms with Gasteiger partial charge in [-0.25, -0.2) is 4.98 Å². The molecule has 1 aromatic carbocycles. The highest BCUT2D eigenvalue weighted by molar-refractivity contribution is 6.43. The van der Waals surface area contributed by atoms with Crippen LogP contribution in [0.3, 0.4) is 0 Å². The molecular weight excluding hydrogens is 389 g/mol. The molecule has 3 heterocycles. The van der Waals surface area contributed by atoms with Crippen LogP contribution in [0, 0.1) is 0 Å². The van der Waals surface area contributed by atoms with Crippen LogP contribution in [0.4, 0.5) is 11.8 Å². The third-order valence-corrected chi connectivity index (χ3v) is 5.04. The molecule has 1 fully saturated rings. The lowest BCUT2D eigenvalue weighted by Gasteiger charge is -2.15. The van der Waals surface area contributed by atoms with Gasteiger partial charge in [-0.1, -0.05) is 40.4 Å². The maximum absolute atomic E-state index is 6.29. The molecule has 0 aliphatic carbocycles. The molecule has 0 bridgehead atoms. The molecule has 1 aliphatic rings. The Labute approximate surface area is 165 Å². The molecule has 2 N–H and O–H groups in total. The van der Waals surface area contributed by atoms with Crippen LogP contribution >= 0.6 is 23.2 Å². The second kappa shape index (κ2) is 8.08. The van der Waals surface area contributed by atoms with Crippen LogP contribution in [0.2, 0.25) is 10.0 Å². The molecule has 1 atom stereocenters. The van der Waals surface area contributed by atoms with Gasteiger partial charge in [0.15, 0.2) is 0 Å². The Morgan fingerprint density at radius 1 is 1.22 bits per heavy atom. The number of nitrogens with one attached hydrogen (secondary N) is 2. The zero-order chi connectivity index (χ0) is 18.6. The Balaban J connectivity index is 1.52. The summed E-state index contributed by atoms with van der Waals surface area (Å²) >= 11 is 12.4. The van der Waals surface area contributed by atoms with E-state index in [-0.39, 0.29) is 6.04 Å². The molecule has 27 heavy (non-hydrogen) atoms. The summed E-state index contributed by atoms with van der Waals surface area (Å²) in [6.07, 6.45) is 2.73. The summed E-state index contributed by atoms with van der Waals surface area (Å²) in [5.41, 5.74) is 1.60. The van der Waals surface area contributed by atoms with Gasteiger partial charge in [-0.3, -0.25) is 0 Å². The minimum atomic E-state index is 0.272. The number of nitrogens with zero attached hydrogens (tertiary/aromatic N) is 5. The monoisotopic (exact) mass is 405 g/mol. The zero-order valence-corrected chi connectivity index (χ0v) is 15.8. The molecule has 4 rings (SSSR count). The SMILES string of the molecule is Clc1cccc(-n2nnnc2NCc2cccnc2NC2CCOC2)c1Cl. The van der Waals surface area contributed by atoms with Crippen LogP contribution in [0.15, 0.2) is 36.5 Å². The van der Waals surface area contributed by atoms with Crippen molar-refractivity contribution in [3.8, 4) is 5.69 Å². The Hall–Kier alpha value is -2.42. The van der Waals surface area contributed by atoms with Gasteiger partial charge < -0.3 is 15.4 Å². The van der Waals surface area contributed by atoms with Crippen molar-refractivity contribution in [3.63, 3.8) is 0 Å². The first-order valence-corrected chi connectivity index (χ1v) is 9.23. The van der Waals surface area contributed by atoms with E-state index in [1.165, 1.54) is 4.68 Å². The minimum Gasteiger partial charge on any atom is -0.379 e. The summed E-state index contributed by atoms with van der Waals surface area (Å²) in [5.74, 6) is 1.28. The van der Waals surface area contributed by atoms with Gasteiger partial charge in [0.05, 0.1) is 28.4 Å². The second-order valence-corrected chi connectivity index (χ2v) is 6.84. The molecule has 0 spiro atoms. The number of anilines is 2. The van der Waals surface area contributed by atoms with E-state index in [1.807, 2.05) is 12.1 Å². The molecule has 10 heteroatoms. The van der Waals surface area contributed by atoms with E-state index in [0.29, 0.717) is 34.8 Å². The Kier molecular flexibility index (Phi) is 5.38. The Morgan fingerprint density at radius 2 is 2.15 bits per heavy atom. The smallest absolute Gasteiger partial charge is 0.248 e. The summed E-state index contributed by atoms with van der Waals surface area (Å²) in [4.78, 5) is 4.44. The maximum Gasteiger partial charge on any atom is 0.248 e. The van der Waals surface area contributed by atoms with E-state index in [1.54, 1.807) is 24.4 Å². The third kappa shape index (κ3) is 3.97. The standard InChI is InChI=1S/C17H17Cl2N7O/c18-13-4-1-5-14(15(13)19)26-17(23-24-25-26)21-9-11-3-2-7-20-16(11)22-12-6-8-27-10-12/h1-5,7,12H,6,8-10H2,(H,20,22)(H,21,23,25). The normalized spacial score (nSPS) is 16.4. The molecule has 3 aromatic rings. The first-order chi connectivity index (χ1) is 13.2. The first kappa shape index (κ1) is 18.0. The molecule has 8 nitrogen and oxygen atoms in total. The summed E-state index contributed by atoms with van der Waals surface area (Å²) in [5, 5.41) is 19.3. The number of tetrazole rings is 1. The van der Waals surface area contributed by atoms with Crippen molar-refractivity contribution in [3.05, 3.63) is 52.1 Å². The summed E-state index contributed by atoms with van der Waals surface area (Å²) in [6.45, 7) is 1.95. The molecule has 1 saturated heterocycles.